The minimum Gasteiger partial charge on any atom is -0.699 e. The van der Waals surface area contributed by atoms with Crippen LogP contribution in [0.2, 0.25) is 0 Å². The van der Waals surface area contributed by atoms with Crippen molar-refractivity contribution in [3.63, 3.8) is 0 Å². The van der Waals surface area contributed by atoms with Gasteiger partial charge in [-0.1, -0.05) is 12.1 Å². The molecule has 0 atom stereocenters. The summed E-state index contributed by atoms with van der Waals surface area (Å²) in [4.78, 5) is 0. The second-order valence-corrected chi connectivity index (χ2v) is 1.73. The Balaban J connectivity index is 0. The topological polar surface area (TPSA) is 33.0 Å². The van der Waals surface area contributed by atoms with Gasteiger partial charge in [-0.15, -0.1) is 5.69 Å². The first-order chi connectivity index (χ1) is 4.33. The van der Waals surface area contributed by atoms with Crippen molar-refractivity contribution in [3.05, 3.63) is 30.0 Å². The molecular formula is C7H8Li2NO+. The average molecular weight is 136 g/mol. The van der Waals surface area contributed by atoms with Gasteiger partial charge in [-0.25, -0.2) is 0 Å². The van der Waals surface area contributed by atoms with Gasteiger partial charge < -0.3 is 10.5 Å². The summed E-state index contributed by atoms with van der Waals surface area (Å²) in [5.74, 6) is 0.797. The molecule has 0 aromatic heterocycles. The molecule has 0 bridgehead atoms. The first-order valence-electron chi connectivity index (χ1n) is 2.68. The van der Waals surface area contributed by atoms with Crippen LogP contribution in [0.15, 0.2) is 24.3 Å². The third kappa shape index (κ3) is 4.46. The Bertz CT molecular complexity index is 188. The maximum absolute atomic E-state index is 7.11. The van der Waals surface area contributed by atoms with Crippen LogP contribution in [0.3, 0.4) is 0 Å². The zero-order chi connectivity index (χ0) is 6.69. The van der Waals surface area contributed by atoms with Gasteiger partial charge in [0.2, 0.25) is 0 Å². The Hall–Kier alpha value is 0.0148. The fraction of sp³-hybridized carbons (Fsp3) is 0.143. The molecular weight excluding hydrogens is 128 g/mol. The number of hydrogen-bond donors (Lipinski definition) is 0. The van der Waals surface area contributed by atoms with E-state index in [2.05, 4.69) is 0 Å². The molecule has 0 aliphatic heterocycles. The number of benzene rings is 1. The van der Waals surface area contributed by atoms with Gasteiger partial charge in [0.05, 0.1) is 7.11 Å². The predicted molar refractivity (Wildman–Crippen MR) is 37.0 cm³/mol. The van der Waals surface area contributed by atoms with Gasteiger partial charge in [0.15, 0.2) is 0 Å². The number of rotatable bonds is 1. The smallest absolute Gasteiger partial charge is 0.699 e. The van der Waals surface area contributed by atoms with Crippen LogP contribution in [0.5, 0.6) is 5.75 Å². The van der Waals surface area contributed by atoms with Crippen molar-refractivity contribution < 1.29 is 42.5 Å². The summed E-state index contributed by atoms with van der Waals surface area (Å²) in [6.07, 6.45) is 0. The third-order valence-corrected chi connectivity index (χ3v) is 1.09. The van der Waals surface area contributed by atoms with Crippen LogP contribution in [-0.4, -0.2) is 7.11 Å². The minimum absolute atomic E-state index is 0. The third-order valence-electron chi connectivity index (χ3n) is 1.09. The van der Waals surface area contributed by atoms with Crippen LogP contribution >= 0.6 is 0 Å². The summed E-state index contributed by atoms with van der Waals surface area (Å²) in [5, 5.41) is 0. The van der Waals surface area contributed by atoms with Gasteiger partial charge in [-0.2, -0.15) is 0 Å². The first kappa shape index (κ1) is 13.6. The molecule has 0 fully saturated rings. The number of hydrogen-bond acceptors (Lipinski definition) is 1. The monoisotopic (exact) mass is 136 g/mol. The summed E-state index contributed by atoms with van der Waals surface area (Å²) in [7, 11) is 1.61. The fourth-order valence-corrected chi connectivity index (χ4v) is 0.591. The molecule has 0 radical (unpaired) electrons. The van der Waals surface area contributed by atoms with E-state index in [1.807, 2.05) is 0 Å². The number of nitrogens with one attached hydrogen (secondary N) is 1. The molecule has 0 saturated heterocycles. The Morgan fingerprint density at radius 3 is 1.91 bits per heavy atom. The standard InChI is InChI=1S/C7H8NO.2Li/c1-9-7-4-2-6(8)3-5-7;;/h2-5,8H,1H3;;/q-1;2*+1. The van der Waals surface area contributed by atoms with E-state index in [0.29, 0.717) is 5.69 Å². The molecule has 0 spiro atoms. The minimum atomic E-state index is 0. The van der Waals surface area contributed by atoms with Gasteiger partial charge in [-0.05, 0) is 12.1 Å². The molecule has 0 aliphatic carbocycles. The quantitative estimate of drug-likeness (QED) is 0.367. The molecule has 11 heavy (non-hydrogen) atoms. The molecule has 0 amide bonds. The van der Waals surface area contributed by atoms with Crippen molar-refractivity contribution in [1.29, 1.82) is 0 Å². The molecule has 0 heterocycles. The summed E-state index contributed by atoms with van der Waals surface area (Å²) in [6, 6.07) is 6.92. The summed E-state index contributed by atoms with van der Waals surface area (Å²) >= 11 is 0. The SMILES string of the molecule is COc1ccc([NH-])cc1.[Li+].[Li+]. The van der Waals surface area contributed by atoms with Gasteiger partial charge in [0, 0.05) is 0 Å². The molecule has 1 N–H and O–H groups in total. The van der Waals surface area contributed by atoms with E-state index in [1.54, 1.807) is 31.4 Å². The molecule has 0 unspecified atom stereocenters. The van der Waals surface area contributed by atoms with Crippen molar-refractivity contribution in [2.45, 2.75) is 0 Å². The first-order valence-corrected chi connectivity index (χ1v) is 2.68. The van der Waals surface area contributed by atoms with E-state index < -0.39 is 0 Å². The average Bonchev–Trinajstić information content (AvgIpc) is 1.90. The van der Waals surface area contributed by atoms with Crippen molar-refractivity contribution in [1.82, 2.24) is 0 Å². The van der Waals surface area contributed by atoms with E-state index in [1.165, 1.54) is 0 Å². The molecule has 48 valence electrons. The van der Waals surface area contributed by atoms with E-state index in [9.17, 15) is 0 Å². The Kier molecular flexibility index (Phi) is 8.29. The van der Waals surface area contributed by atoms with Crippen molar-refractivity contribution in [2.75, 3.05) is 7.11 Å². The van der Waals surface area contributed by atoms with Crippen molar-refractivity contribution >= 4 is 5.69 Å². The molecule has 0 saturated carbocycles. The van der Waals surface area contributed by atoms with Gasteiger partial charge in [0.1, 0.15) is 5.75 Å². The predicted octanol–water partition coefficient (Wildman–Crippen LogP) is -3.61. The van der Waals surface area contributed by atoms with Crippen LogP contribution in [-0.2, 0) is 0 Å². The maximum atomic E-state index is 7.11. The zero-order valence-electron chi connectivity index (χ0n) is 7.22. The zero-order valence-corrected chi connectivity index (χ0v) is 7.22. The van der Waals surface area contributed by atoms with Gasteiger partial charge in [-0.3, -0.25) is 0 Å². The molecule has 2 nitrogen and oxygen atoms in total. The molecule has 1 aromatic carbocycles. The Morgan fingerprint density at radius 1 is 1.09 bits per heavy atom. The number of ether oxygens (including phenoxy) is 1. The van der Waals surface area contributed by atoms with Gasteiger partial charge >= 0.3 is 37.7 Å². The second-order valence-electron chi connectivity index (χ2n) is 1.73. The van der Waals surface area contributed by atoms with Crippen LogP contribution in [0, 0.1) is 0 Å². The Morgan fingerprint density at radius 2 is 1.55 bits per heavy atom. The molecule has 0 aliphatic rings. The Labute approximate surface area is 90.8 Å². The van der Waals surface area contributed by atoms with E-state index in [4.69, 9.17) is 10.5 Å². The normalized spacial score (nSPS) is 7.36. The summed E-state index contributed by atoms with van der Waals surface area (Å²) in [5.41, 5.74) is 7.62. The maximum Gasteiger partial charge on any atom is 1.00 e. The van der Waals surface area contributed by atoms with Crippen LogP contribution in [0.4, 0.5) is 5.69 Å². The molecule has 1 rings (SSSR count). The molecule has 1 aromatic rings. The van der Waals surface area contributed by atoms with E-state index >= 15 is 0 Å². The van der Waals surface area contributed by atoms with Crippen LogP contribution in [0.1, 0.15) is 0 Å². The summed E-state index contributed by atoms with van der Waals surface area (Å²) < 4.78 is 4.89. The second kappa shape index (κ2) is 6.71. The van der Waals surface area contributed by atoms with Crippen LogP contribution < -0.4 is 42.5 Å². The van der Waals surface area contributed by atoms with Crippen molar-refractivity contribution in [3.8, 4) is 5.75 Å². The van der Waals surface area contributed by atoms with E-state index in [0.717, 1.165) is 5.75 Å². The van der Waals surface area contributed by atoms with E-state index in [-0.39, 0.29) is 37.7 Å². The summed E-state index contributed by atoms with van der Waals surface area (Å²) in [6.45, 7) is 0. The van der Waals surface area contributed by atoms with Crippen LogP contribution in [0.25, 0.3) is 5.73 Å². The largest absolute Gasteiger partial charge is 1.00 e. The fourth-order valence-electron chi connectivity index (χ4n) is 0.591. The van der Waals surface area contributed by atoms with Gasteiger partial charge in [0.25, 0.3) is 0 Å². The number of methoxy groups -OCH3 is 1. The molecule has 4 heteroatoms. The van der Waals surface area contributed by atoms with Crippen molar-refractivity contribution in [2.24, 2.45) is 0 Å².